The second-order valence-corrected chi connectivity index (χ2v) is 2.81. The van der Waals surface area contributed by atoms with Crippen LogP contribution in [0.3, 0.4) is 0 Å². The number of benzene rings is 1. The number of primary amides is 1. The lowest BCUT2D eigenvalue weighted by molar-refractivity contribution is 0.100. The molecule has 0 fully saturated rings. The number of aromatic nitrogens is 1. The fourth-order valence-corrected chi connectivity index (χ4v) is 1.18. The van der Waals surface area contributed by atoms with Crippen molar-refractivity contribution in [1.82, 2.24) is 4.98 Å². The molecule has 0 unspecified atom stereocenters. The molecule has 70 valence electrons. The zero-order valence-corrected chi connectivity index (χ0v) is 7.31. The Labute approximate surface area is 80.4 Å². The van der Waals surface area contributed by atoms with Gasteiger partial charge in [0.1, 0.15) is 0 Å². The Balaban J connectivity index is 2.46. The molecule has 0 atom stereocenters. The normalized spacial score (nSPS) is 10.0. The summed E-state index contributed by atoms with van der Waals surface area (Å²) in [4.78, 5) is 14.7. The molecule has 1 aromatic heterocycles. The predicted octanol–water partition coefficient (Wildman–Crippen LogP) is 1.44. The Morgan fingerprint density at radius 1 is 1.43 bits per heavy atom. The van der Waals surface area contributed by atoms with Crippen LogP contribution in [-0.4, -0.2) is 10.9 Å². The van der Waals surface area contributed by atoms with E-state index in [4.69, 9.17) is 10.2 Å². The van der Waals surface area contributed by atoms with E-state index < -0.39 is 5.91 Å². The van der Waals surface area contributed by atoms with Gasteiger partial charge in [-0.05, 0) is 12.1 Å². The number of carbonyl (C=O) groups excluding carboxylic acids is 1. The van der Waals surface area contributed by atoms with Gasteiger partial charge in [0.25, 0.3) is 0 Å². The molecule has 1 aromatic carbocycles. The number of nitrogens with zero attached hydrogens (tertiary/aromatic N) is 1. The van der Waals surface area contributed by atoms with Crippen molar-refractivity contribution in [3.63, 3.8) is 0 Å². The number of hydrogen-bond donors (Lipinski definition) is 1. The van der Waals surface area contributed by atoms with Crippen LogP contribution in [0.25, 0.3) is 11.3 Å². The Bertz CT molecular complexity index is 449. The smallest absolute Gasteiger partial charge is 0.248 e. The van der Waals surface area contributed by atoms with Crippen LogP contribution in [0.15, 0.2) is 41.3 Å². The Hall–Kier alpha value is -2.10. The van der Waals surface area contributed by atoms with Gasteiger partial charge in [-0.15, -0.1) is 0 Å². The van der Waals surface area contributed by atoms with Crippen molar-refractivity contribution in [3.8, 4) is 11.3 Å². The minimum Gasteiger partial charge on any atom is -0.444 e. The summed E-state index contributed by atoms with van der Waals surface area (Å²) < 4.78 is 5.09. The number of hydrogen-bond acceptors (Lipinski definition) is 3. The SMILES string of the molecule is NC(=O)c1cccc(-c2cnco2)c1. The van der Waals surface area contributed by atoms with Gasteiger partial charge in [-0.2, -0.15) is 0 Å². The average molecular weight is 188 g/mol. The molecular formula is C10H8N2O2. The Morgan fingerprint density at radius 3 is 2.93 bits per heavy atom. The Kier molecular flexibility index (Phi) is 2.02. The maximum Gasteiger partial charge on any atom is 0.248 e. The maximum absolute atomic E-state index is 10.9. The van der Waals surface area contributed by atoms with Crippen LogP contribution in [0.5, 0.6) is 0 Å². The number of carbonyl (C=O) groups is 1. The van der Waals surface area contributed by atoms with Crippen LogP contribution >= 0.6 is 0 Å². The molecule has 0 spiro atoms. The second-order valence-electron chi connectivity index (χ2n) is 2.81. The Morgan fingerprint density at radius 2 is 2.29 bits per heavy atom. The lowest BCUT2D eigenvalue weighted by atomic mass is 10.1. The number of oxazole rings is 1. The second kappa shape index (κ2) is 3.33. The molecule has 2 rings (SSSR count). The maximum atomic E-state index is 10.9. The first-order valence-corrected chi connectivity index (χ1v) is 4.06. The first kappa shape index (κ1) is 8.50. The van der Waals surface area contributed by atoms with Gasteiger partial charge in [0.05, 0.1) is 6.20 Å². The van der Waals surface area contributed by atoms with E-state index in [-0.39, 0.29) is 0 Å². The van der Waals surface area contributed by atoms with Gasteiger partial charge in [0, 0.05) is 11.1 Å². The van der Waals surface area contributed by atoms with E-state index in [2.05, 4.69) is 4.98 Å². The molecule has 0 aliphatic carbocycles. The van der Waals surface area contributed by atoms with Crippen molar-refractivity contribution in [1.29, 1.82) is 0 Å². The summed E-state index contributed by atoms with van der Waals surface area (Å²) >= 11 is 0. The van der Waals surface area contributed by atoms with Crippen LogP contribution < -0.4 is 5.73 Å². The fourth-order valence-electron chi connectivity index (χ4n) is 1.18. The highest BCUT2D eigenvalue weighted by Crippen LogP contribution is 2.19. The van der Waals surface area contributed by atoms with Crippen LogP contribution in [0.1, 0.15) is 10.4 Å². The average Bonchev–Trinajstić information content (AvgIpc) is 2.71. The van der Waals surface area contributed by atoms with Crippen molar-refractivity contribution in [2.24, 2.45) is 5.73 Å². The molecular weight excluding hydrogens is 180 g/mol. The monoisotopic (exact) mass is 188 g/mol. The summed E-state index contributed by atoms with van der Waals surface area (Å²) in [7, 11) is 0. The third-order valence-electron chi connectivity index (χ3n) is 1.86. The van der Waals surface area contributed by atoms with E-state index >= 15 is 0 Å². The van der Waals surface area contributed by atoms with Gasteiger partial charge in [-0.1, -0.05) is 12.1 Å². The molecule has 1 heterocycles. The van der Waals surface area contributed by atoms with Gasteiger partial charge in [0.2, 0.25) is 5.91 Å². The molecule has 0 bridgehead atoms. The molecule has 2 N–H and O–H groups in total. The summed E-state index contributed by atoms with van der Waals surface area (Å²) in [6, 6.07) is 6.90. The molecule has 0 radical (unpaired) electrons. The highest BCUT2D eigenvalue weighted by Gasteiger charge is 2.04. The third-order valence-corrected chi connectivity index (χ3v) is 1.86. The summed E-state index contributed by atoms with van der Waals surface area (Å²) in [5, 5.41) is 0. The van der Waals surface area contributed by atoms with Crippen LogP contribution in [0.4, 0.5) is 0 Å². The van der Waals surface area contributed by atoms with E-state index in [0.29, 0.717) is 11.3 Å². The summed E-state index contributed by atoms with van der Waals surface area (Å²) in [6.07, 6.45) is 2.92. The van der Waals surface area contributed by atoms with E-state index in [1.165, 1.54) is 6.39 Å². The molecule has 0 aliphatic rings. The summed E-state index contributed by atoms with van der Waals surface area (Å²) in [6.45, 7) is 0. The van der Waals surface area contributed by atoms with Crippen molar-refractivity contribution in [2.75, 3.05) is 0 Å². The van der Waals surface area contributed by atoms with Gasteiger partial charge in [-0.25, -0.2) is 4.98 Å². The number of rotatable bonds is 2. The quantitative estimate of drug-likeness (QED) is 0.775. The van der Waals surface area contributed by atoms with Gasteiger partial charge in [0.15, 0.2) is 12.2 Å². The standard InChI is InChI=1S/C10H8N2O2/c11-10(13)8-3-1-2-7(4-8)9-5-12-6-14-9/h1-6H,(H2,11,13). The highest BCUT2D eigenvalue weighted by atomic mass is 16.3. The van der Waals surface area contributed by atoms with Crippen molar-refractivity contribution >= 4 is 5.91 Å². The molecule has 4 nitrogen and oxygen atoms in total. The van der Waals surface area contributed by atoms with Gasteiger partial charge < -0.3 is 10.2 Å². The minimum atomic E-state index is -0.452. The van der Waals surface area contributed by atoms with E-state index in [1.807, 2.05) is 6.07 Å². The predicted molar refractivity (Wildman–Crippen MR) is 50.5 cm³/mol. The lowest BCUT2D eigenvalue weighted by Crippen LogP contribution is -2.10. The molecule has 1 amide bonds. The lowest BCUT2D eigenvalue weighted by Gasteiger charge is -1.98. The van der Waals surface area contributed by atoms with Crippen LogP contribution in [0, 0.1) is 0 Å². The highest BCUT2D eigenvalue weighted by molar-refractivity contribution is 5.93. The van der Waals surface area contributed by atoms with Gasteiger partial charge >= 0.3 is 0 Å². The van der Waals surface area contributed by atoms with Crippen molar-refractivity contribution in [2.45, 2.75) is 0 Å². The molecule has 0 saturated heterocycles. The topological polar surface area (TPSA) is 69.1 Å². The molecule has 2 aromatic rings. The number of amides is 1. The van der Waals surface area contributed by atoms with E-state index in [0.717, 1.165) is 5.56 Å². The van der Waals surface area contributed by atoms with Gasteiger partial charge in [-0.3, -0.25) is 4.79 Å². The largest absolute Gasteiger partial charge is 0.444 e. The van der Waals surface area contributed by atoms with E-state index in [1.54, 1.807) is 24.4 Å². The fraction of sp³-hybridized carbons (Fsp3) is 0. The zero-order chi connectivity index (χ0) is 9.97. The van der Waals surface area contributed by atoms with Crippen LogP contribution in [-0.2, 0) is 0 Å². The van der Waals surface area contributed by atoms with Crippen molar-refractivity contribution < 1.29 is 9.21 Å². The minimum absolute atomic E-state index is 0.452. The van der Waals surface area contributed by atoms with Crippen molar-refractivity contribution in [3.05, 3.63) is 42.4 Å². The molecule has 0 saturated carbocycles. The first-order chi connectivity index (χ1) is 6.77. The summed E-state index contributed by atoms with van der Waals surface area (Å²) in [5.41, 5.74) is 6.40. The molecule has 4 heteroatoms. The van der Waals surface area contributed by atoms with Crippen LogP contribution in [0.2, 0.25) is 0 Å². The number of nitrogens with two attached hydrogens (primary N) is 1. The third kappa shape index (κ3) is 1.50. The molecule has 0 aliphatic heterocycles. The molecule has 14 heavy (non-hydrogen) atoms. The summed E-state index contributed by atoms with van der Waals surface area (Å²) in [5.74, 6) is 0.166. The first-order valence-electron chi connectivity index (χ1n) is 4.06. The zero-order valence-electron chi connectivity index (χ0n) is 7.31. The van der Waals surface area contributed by atoms with E-state index in [9.17, 15) is 4.79 Å².